The highest BCUT2D eigenvalue weighted by molar-refractivity contribution is 5.80. The van der Waals surface area contributed by atoms with Crippen LogP contribution in [0.5, 0.6) is 5.75 Å². The topological polar surface area (TPSA) is 163 Å². The third kappa shape index (κ3) is 5.73. The monoisotopic (exact) mass is 460 g/mol. The summed E-state index contributed by atoms with van der Waals surface area (Å²) in [7, 11) is 0. The second-order valence-electron chi connectivity index (χ2n) is 6.78. The molecule has 0 saturated heterocycles. The molecule has 0 unspecified atom stereocenters. The minimum Gasteiger partial charge on any atom is -0.497 e. The molecule has 170 valence electrons. The number of fused-ring (bicyclic) bond motifs is 1. The summed E-state index contributed by atoms with van der Waals surface area (Å²) in [4.78, 5) is 32.4. The highest BCUT2D eigenvalue weighted by Gasteiger charge is 2.30. The molecule has 11 nitrogen and oxygen atoms in total. The lowest BCUT2D eigenvalue weighted by Gasteiger charge is -1.98. The van der Waals surface area contributed by atoms with Crippen LogP contribution in [0.15, 0.2) is 78.9 Å². The van der Waals surface area contributed by atoms with Crippen LogP contribution in [0.4, 0.5) is 17.1 Å². The Morgan fingerprint density at radius 3 is 1.88 bits per heavy atom. The van der Waals surface area contributed by atoms with Crippen LogP contribution < -0.4 is 0 Å². The maximum atomic E-state index is 10.4. The SMILES string of the molecule is C(=C\c1ccc2ccccc2n1)/c1ccccc1.O=[N+]([O-])c1cc([N+](=O)[O-])c(O)c([N+](=O)[O-])c1. The Kier molecular flexibility index (Phi) is 7.19. The van der Waals surface area contributed by atoms with Crippen LogP contribution in [-0.2, 0) is 0 Å². The van der Waals surface area contributed by atoms with Crippen molar-refractivity contribution in [2.24, 2.45) is 0 Å². The van der Waals surface area contributed by atoms with E-state index in [-0.39, 0.29) is 0 Å². The van der Waals surface area contributed by atoms with E-state index in [9.17, 15) is 30.3 Å². The zero-order valence-corrected chi connectivity index (χ0v) is 17.3. The first-order valence-corrected chi connectivity index (χ1v) is 9.65. The summed E-state index contributed by atoms with van der Waals surface area (Å²) in [6.45, 7) is 0. The van der Waals surface area contributed by atoms with Gasteiger partial charge < -0.3 is 5.11 Å². The average Bonchev–Trinajstić information content (AvgIpc) is 2.83. The number of aromatic nitrogens is 1. The van der Waals surface area contributed by atoms with E-state index in [1.54, 1.807) is 0 Å². The fourth-order valence-corrected chi connectivity index (χ4v) is 2.89. The van der Waals surface area contributed by atoms with Crippen molar-refractivity contribution in [3.63, 3.8) is 0 Å². The van der Waals surface area contributed by atoms with E-state index in [1.807, 2.05) is 48.5 Å². The van der Waals surface area contributed by atoms with Gasteiger partial charge in [-0.25, -0.2) is 4.98 Å². The maximum absolute atomic E-state index is 10.4. The summed E-state index contributed by atoms with van der Waals surface area (Å²) in [5.41, 5.74) is 0.204. The normalized spacial score (nSPS) is 10.5. The van der Waals surface area contributed by atoms with E-state index >= 15 is 0 Å². The number of hydrogen-bond acceptors (Lipinski definition) is 8. The van der Waals surface area contributed by atoms with Gasteiger partial charge in [-0.1, -0.05) is 60.7 Å². The van der Waals surface area contributed by atoms with Gasteiger partial charge in [0.05, 0.1) is 38.1 Å². The van der Waals surface area contributed by atoms with Gasteiger partial charge in [-0.15, -0.1) is 0 Å². The second-order valence-corrected chi connectivity index (χ2v) is 6.78. The predicted octanol–water partition coefficient (Wildman–Crippen LogP) is 5.52. The van der Waals surface area contributed by atoms with Crippen molar-refractivity contribution in [2.75, 3.05) is 0 Å². The molecule has 0 fully saturated rings. The number of rotatable bonds is 5. The number of phenols is 1. The van der Waals surface area contributed by atoms with Crippen LogP contribution in [-0.4, -0.2) is 24.9 Å². The van der Waals surface area contributed by atoms with Crippen molar-refractivity contribution in [3.05, 3.63) is 120 Å². The van der Waals surface area contributed by atoms with E-state index in [4.69, 9.17) is 5.11 Å². The van der Waals surface area contributed by atoms with Gasteiger partial charge in [0.2, 0.25) is 0 Å². The fourth-order valence-electron chi connectivity index (χ4n) is 2.89. The van der Waals surface area contributed by atoms with Crippen LogP contribution in [0.3, 0.4) is 0 Å². The third-order valence-electron chi connectivity index (χ3n) is 4.52. The first-order valence-electron chi connectivity index (χ1n) is 9.65. The Labute approximate surface area is 191 Å². The Bertz CT molecular complexity index is 1370. The zero-order valence-electron chi connectivity index (χ0n) is 17.3. The van der Waals surface area contributed by atoms with Crippen LogP contribution in [0.1, 0.15) is 11.3 Å². The zero-order chi connectivity index (χ0) is 24.7. The largest absolute Gasteiger partial charge is 0.497 e. The fraction of sp³-hybridized carbons (Fsp3) is 0. The molecule has 0 spiro atoms. The number of hydrogen-bond donors (Lipinski definition) is 1. The van der Waals surface area contributed by atoms with Crippen molar-refractivity contribution in [1.29, 1.82) is 0 Å². The number of nitro benzene ring substituents is 3. The molecule has 0 atom stereocenters. The lowest BCUT2D eigenvalue weighted by Crippen LogP contribution is -1.97. The predicted molar refractivity (Wildman–Crippen MR) is 125 cm³/mol. The first-order chi connectivity index (χ1) is 16.3. The number of nitrogens with zero attached hydrogens (tertiary/aromatic N) is 4. The Balaban J connectivity index is 0.000000192. The molecule has 0 amide bonds. The van der Waals surface area contributed by atoms with Crippen molar-refractivity contribution in [3.8, 4) is 5.75 Å². The summed E-state index contributed by atoms with van der Waals surface area (Å²) < 4.78 is 0. The lowest BCUT2D eigenvalue weighted by atomic mass is 10.1. The lowest BCUT2D eigenvalue weighted by molar-refractivity contribution is -0.404. The molecule has 0 aliphatic heterocycles. The molecule has 0 aliphatic rings. The van der Waals surface area contributed by atoms with Gasteiger partial charge in [-0.05, 0) is 23.8 Å². The van der Waals surface area contributed by atoms with E-state index in [1.165, 1.54) is 10.9 Å². The molecular weight excluding hydrogens is 444 g/mol. The van der Waals surface area contributed by atoms with Crippen LogP contribution in [0.25, 0.3) is 23.1 Å². The highest BCUT2D eigenvalue weighted by atomic mass is 16.6. The number of para-hydroxylation sites is 1. The van der Waals surface area contributed by atoms with Gasteiger partial charge in [0, 0.05) is 5.39 Å². The molecule has 11 heteroatoms. The maximum Gasteiger partial charge on any atom is 0.324 e. The Hall–Kier alpha value is -5.19. The number of aromatic hydroxyl groups is 1. The molecule has 0 bridgehead atoms. The number of pyridine rings is 1. The standard InChI is InChI=1S/C17H13N.C6H3N3O7/c1-2-6-14(7-3-1)10-12-16-13-11-15-8-4-5-9-17(15)18-16;10-6-4(8(13)14)1-3(7(11)12)2-5(6)9(15)16/h1-13H;1-2,10H/b12-10+;. The quantitative estimate of drug-likeness (QED) is 0.300. The minimum absolute atomic E-state index is 0.447. The van der Waals surface area contributed by atoms with Gasteiger partial charge >= 0.3 is 11.4 Å². The minimum atomic E-state index is -1.21. The molecule has 4 rings (SSSR count). The number of non-ortho nitro benzene ring substituents is 1. The number of phenolic OH excluding ortho intramolecular Hbond substituents is 1. The average molecular weight is 460 g/mol. The molecule has 34 heavy (non-hydrogen) atoms. The first kappa shape index (κ1) is 23.5. The number of benzene rings is 3. The second kappa shape index (κ2) is 10.4. The van der Waals surface area contributed by atoms with Crippen molar-refractivity contribution in [2.45, 2.75) is 0 Å². The third-order valence-corrected chi connectivity index (χ3v) is 4.52. The van der Waals surface area contributed by atoms with Crippen LogP contribution in [0, 0.1) is 30.3 Å². The van der Waals surface area contributed by atoms with Crippen molar-refractivity contribution < 1.29 is 19.9 Å². The summed E-state index contributed by atoms with van der Waals surface area (Å²) in [5.74, 6) is -1.21. The molecule has 3 aromatic carbocycles. The molecule has 4 aromatic rings. The van der Waals surface area contributed by atoms with Gasteiger partial charge in [0.15, 0.2) is 0 Å². The van der Waals surface area contributed by atoms with Gasteiger partial charge in [-0.3, -0.25) is 30.3 Å². The number of nitro groups is 3. The van der Waals surface area contributed by atoms with E-state index in [0.29, 0.717) is 12.1 Å². The molecule has 0 aliphatic carbocycles. The van der Waals surface area contributed by atoms with Gasteiger partial charge in [0.1, 0.15) is 0 Å². The molecule has 1 aromatic heterocycles. The van der Waals surface area contributed by atoms with Gasteiger partial charge in [0.25, 0.3) is 11.4 Å². The van der Waals surface area contributed by atoms with Gasteiger partial charge in [-0.2, -0.15) is 0 Å². The Morgan fingerprint density at radius 1 is 0.706 bits per heavy atom. The highest BCUT2D eigenvalue weighted by Crippen LogP contribution is 2.38. The molecule has 1 N–H and O–H groups in total. The summed E-state index contributed by atoms with van der Waals surface area (Å²) >= 11 is 0. The molecule has 1 heterocycles. The molecule has 0 radical (unpaired) electrons. The van der Waals surface area contributed by atoms with E-state index < -0.39 is 37.6 Å². The summed E-state index contributed by atoms with van der Waals surface area (Å²) in [5, 5.41) is 41.4. The molecule has 0 saturated carbocycles. The van der Waals surface area contributed by atoms with Crippen molar-refractivity contribution >= 4 is 40.1 Å². The summed E-state index contributed by atoms with van der Waals surface area (Å²) in [6, 6.07) is 23.5. The molecular formula is C23H16N4O7. The van der Waals surface area contributed by atoms with E-state index in [2.05, 4.69) is 35.3 Å². The Morgan fingerprint density at radius 2 is 1.29 bits per heavy atom. The van der Waals surface area contributed by atoms with Crippen LogP contribution >= 0.6 is 0 Å². The van der Waals surface area contributed by atoms with Crippen molar-refractivity contribution in [1.82, 2.24) is 4.98 Å². The summed E-state index contributed by atoms with van der Waals surface area (Å²) in [6.07, 6.45) is 4.12. The van der Waals surface area contributed by atoms with E-state index in [0.717, 1.165) is 11.2 Å². The van der Waals surface area contributed by atoms with Crippen LogP contribution in [0.2, 0.25) is 0 Å². The smallest absolute Gasteiger partial charge is 0.324 e.